The third-order valence-corrected chi connectivity index (χ3v) is 6.28. The topological polar surface area (TPSA) is 86.5 Å². The Morgan fingerprint density at radius 2 is 1.94 bits per heavy atom. The molecule has 9 heteroatoms. The molecule has 2 saturated heterocycles. The lowest BCUT2D eigenvalue weighted by molar-refractivity contribution is 0.0913. The Balaban J connectivity index is 1.46. The minimum atomic E-state index is -0.553. The van der Waals surface area contributed by atoms with Gasteiger partial charge in [0, 0.05) is 48.3 Å². The van der Waals surface area contributed by atoms with Crippen LogP contribution in [-0.2, 0) is 6.54 Å². The molecule has 0 radical (unpaired) electrons. The summed E-state index contributed by atoms with van der Waals surface area (Å²) in [7, 11) is 1.55. The maximum Gasteiger partial charge on any atom is 0.252 e. The number of nitrogens with one attached hydrogen (secondary N) is 5. The predicted molar refractivity (Wildman–Crippen MR) is 121 cm³/mol. The lowest BCUT2D eigenvalue weighted by atomic mass is 9.84. The van der Waals surface area contributed by atoms with Crippen LogP contribution >= 0.6 is 0 Å². The lowest BCUT2D eigenvalue weighted by Gasteiger charge is -2.34. The van der Waals surface area contributed by atoms with Crippen LogP contribution in [0.5, 0.6) is 5.75 Å². The fourth-order valence-electron chi connectivity index (χ4n) is 4.52. The highest BCUT2D eigenvalue weighted by molar-refractivity contribution is 5.94. The van der Waals surface area contributed by atoms with Crippen molar-refractivity contribution in [2.45, 2.75) is 51.1 Å². The van der Waals surface area contributed by atoms with E-state index >= 15 is 0 Å². The summed E-state index contributed by atoms with van der Waals surface area (Å²) in [6, 6.07) is 9.46. The van der Waals surface area contributed by atoms with Crippen molar-refractivity contribution in [3.63, 3.8) is 0 Å². The van der Waals surface area contributed by atoms with Gasteiger partial charge in [-0.15, -0.1) is 0 Å². The van der Waals surface area contributed by atoms with Gasteiger partial charge >= 0.3 is 0 Å². The molecule has 2 aliphatic heterocycles. The Labute approximate surface area is 192 Å². The molecule has 0 aliphatic carbocycles. The van der Waals surface area contributed by atoms with Gasteiger partial charge in [0.05, 0.1) is 13.3 Å². The van der Waals surface area contributed by atoms with Crippen LogP contribution in [-0.4, -0.2) is 37.8 Å². The Morgan fingerprint density at radius 1 is 1.18 bits per heavy atom. The van der Waals surface area contributed by atoms with Gasteiger partial charge in [-0.1, -0.05) is 19.9 Å². The fourth-order valence-corrected chi connectivity index (χ4v) is 4.52. The monoisotopic (exact) mass is 459 g/mol. The summed E-state index contributed by atoms with van der Waals surface area (Å²) in [6.45, 7) is 4.89. The zero-order valence-electron chi connectivity index (χ0n) is 19.0. The number of halogens is 2. The number of rotatable bonds is 7. The van der Waals surface area contributed by atoms with Gasteiger partial charge in [-0.05, 0) is 42.3 Å². The number of ether oxygens (including phenoxy) is 1. The smallest absolute Gasteiger partial charge is 0.252 e. The van der Waals surface area contributed by atoms with Crippen molar-refractivity contribution in [2.24, 2.45) is 5.92 Å². The van der Waals surface area contributed by atoms with Gasteiger partial charge in [0.2, 0.25) is 0 Å². The predicted octanol–water partition coefficient (Wildman–Crippen LogP) is 2.35. The van der Waals surface area contributed by atoms with Gasteiger partial charge < -0.3 is 20.7 Å². The van der Waals surface area contributed by atoms with E-state index in [1.165, 1.54) is 12.1 Å². The zero-order valence-corrected chi connectivity index (χ0v) is 19.0. The fraction of sp³-hybridized carbons (Fsp3) is 0.458. The molecule has 2 aromatic rings. The van der Waals surface area contributed by atoms with E-state index in [1.807, 2.05) is 13.8 Å². The van der Waals surface area contributed by atoms with Crippen molar-refractivity contribution in [1.29, 1.82) is 0 Å². The molecular formula is C24H31F2N5O2. The van der Waals surface area contributed by atoms with Gasteiger partial charge in [-0.25, -0.2) is 14.2 Å². The molecule has 33 heavy (non-hydrogen) atoms. The van der Waals surface area contributed by atoms with E-state index in [9.17, 15) is 13.6 Å². The summed E-state index contributed by atoms with van der Waals surface area (Å²) in [6.07, 6.45) is 0.0875. The van der Waals surface area contributed by atoms with Crippen molar-refractivity contribution in [3.05, 3.63) is 64.7 Å². The summed E-state index contributed by atoms with van der Waals surface area (Å²) in [5.74, 6) is -0.807. The normalized spacial score (nSPS) is 24.5. The van der Waals surface area contributed by atoms with Crippen LogP contribution in [0.2, 0.25) is 0 Å². The van der Waals surface area contributed by atoms with Crippen LogP contribution in [0.15, 0.2) is 36.4 Å². The van der Waals surface area contributed by atoms with Crippen LogP contribution in [0.1, 0.15) is 47.8 Å². The highest BCUT2D eigenvalue weighted by Crippen LogP contribution is 2.34. The van der Waals surface area contributed by atoms with Crippen LogP contribution < -0.4 is 31.5 Å². The minimum Gasteiger partial charge on any atom is -0.497 e. The molecule has 2 fully saturated rings. The van der Waals surface area contributed by atoms with Crippen LogP contribution in [0, 0.1) is 17.6 Å². The summed E-state index contributed by atoms with van der Waals surface area (Å²) in [5.41, 5.74) is 7.39. The first-order chi connectivity index (χ1) is 15.9. The second-order valence-corrected chi connectivity index (χ2v) is 8.95. The highest BCUT2D eigenvalue weighted by Gasteiger charge is 2.42. The summed E-state index contributed by atoms with van der Waals surface area (Å²) in [5, 5.41) is 9.42. The summed E-state index contributed by atoms with van der Waals surface area (Å²) >= 11 is 0. The number of methoxy groups -OCH3 is 1. The van der Waals surface area contributed by atoms with E-state index in [1.54, 1.807) is 31.4 Å². The van der Waals surface area contributed by atoms with Crippen LogP contribution in [0.4, 0.5) is 8.78 Å². The number of benzene rings is 2. The molecule has 1 amide bonds. The third-order valence-electron chi connectivity index (χ3n) is 6.28. The van der Waals surface area contributed by atoms with Crippen molar-refractivity contribution in [2.75, 3.05) is 13.7 Å². The molecule has 4 unspecified atom stereocenters. The number of carbonyl (C=O) groups excluding carboxylic acids is 1. The van der Waals surface area contributed by atoms with E-state index in [4.69, 9.17) is 4.74 Å². The number of hydrazine groups is 1. The Bertz CT molecular complexity index is 980. The first-order valence-corrected chi connectivity index (χ1v) is 11.3. The Hall–Kier alpha value is -2.59. The van der Waals surface area contributed by atoms with Gasteiger partial charge in [0.25, 0.3) is 5.91 Å². The number of hydrogen-bond acceptors (Lipinski definition) is 6. The molecule has 4 atom stereocenters. The van der Waals surface area contributed by atoms with Gasteiger partial charge in [0.1, 0.15) is 17.4 Å². The zero-order chi connectivity index (χ0) is 23.5. The molecule has 2 heterocycles. The summed E-state index contributed by atoms with van der Waals surface area (Å²) in [4.78, 5) is 12.8. The first kappa shape index (κ1) is 23.6. The second-order valence-electron chi connectivity index (χ2n) is 8.95. The van der Waals surface area contributed by atoms with Crippen molar-refractivity contribution < 1.29 is 18.3 Å². The second kappa shape index (κ2) is 10.1. The Morgan fingerprint density at radius 3 is 2.64 bits per heavy atom. The van der Waals surface area contributed by atoms with Crippen LogP contribution in [0.3, 0.4) is 0 Å². The molecular weight excluding hydrogens is 428 g/mol. The molecule has 0 spiro atoms. The molecule has 178 valence electrons. The number of fused-ring (bicyclic) bond motifs is 1. The SMILES string of the molecule is COc1cccc(C(=O)NC2NNC3CNC(c4c(F)cc(CNC(C)C)cc4F)CC32)c1. The number of hydrogen-bond donors (Lipinski definition) is 5. The van der Waals surface area contributed by atoms with Gasteiger partial charge in [-0.2, -0.15) is 0 Å². The average Bonchev–Trinajstić information content (AvgIpc) is 3.19. The molecule has 0 aromatic heterocycles. The molecule has 2 aliphatic rings. The molecule has 0 bridgehead atoms. The minimum absolute atomic E-state index is 0.0255. The van der Waals surface area contributed by atoms with E-state index in [0.29, 0.717) is 36.4 Å². The third kappa shape index (κ3) is 5.33. The lowest BCUT2D eigenvalue weighted by Crippen LogP contribution is -2.50. The highest BCUT2D eigenvalue weighted by atomic mass is 19.1. The van der Waals surface area contributed by atoms with Crippen molar-refractivity contribution >= 4 is 5.91 Å². The van der Waals surface area contributed by atoms with E-state index < -0.39 is 17.7 Å². The molecule has 2 aromatic carbocycles. The first-order valence-electron chi connectivity index (χ1n) is 11.3. The average molecular weight is 460 g/mol. The van der Waals surface area contributed by atoms with Gasteiger partial charge in [-0.3, -0.25) is 10.2 Å². The molecule has 7 nitrogen and oxygen atoms in total. The summed E-state index contributed by atoms with van der Waals surface area (Å²) < 4.78 is 35.1. The number of carbonyl (C=O) groups is 1. The van der Waals surface area contributed by atoms with Crippen LogP contribution in [0.25, 0.3) is 0 Å². The maximum atomic E-state index is 14.9. The molecule has 0 saturated carbocycles. The number of piperidine rings is 1. The molecule has 5 N–H and O–H groups in total. The van der Waals surface area contributed by atoms with Crippen molar-refractivity contribution in [1.82, 2.24) is 26.8 Å². The van der Waals surface area contributed by atoms with Crippen molar-refractivity contribution in [3.8, 4) is 5.75 Å². The quantitative estimate of drug-likeness (QED) is 0.437. The maximum absolute atomic E-state index is 14.9. The standard InChI is InChI=1S/C24H31F2N5O2/c1-13(2)27-11-14-7-18(25)22(19(26)8-14)20-10-17-21(12-28-20)30-31-23(17)29-24(32)15-5-4-6-16(9-15)33-3/h4-9,13,17,20-21,23,27-28,30-31H,10-12H2,1-3H3,(H,29,32). The largest absolute Gasteiger partial charge is 0.497 e. The number of amides is 1. The van der Waals surface area contributed by atoms with E-state index in [2.05, 4.69) is 26.8 Å². The Kier molecular flexibility index (Phi) is 7.23. The van der Waals surface area contributed by atoms with E-state index in [-0.39, 0.29) is 35.6 Å². The van der Waals surface area contributed by atoms with Gasteiger partial charge in [0.15, 0.2) is 0 Å². The molecule has 4 rings (SSSR count). The van der Waals surface area contributed by atoms with E-state index in [0.717, 1.165) is 0 Å².